The third-order valence-electron chi connectivity index (χ3n) is 8.51. The van der Waals surface area contributed by atoms with E-state index in [1.807, 2.05) is 48.4 Å². The maximum Gasteiger partial charge on any atom is 0.316 e. The average molecular weight is 583 g/mol. The predicted octanol–water partition coefficient (Wildman–Crippen LogP) is 4.96. The molecule has 1 fully saturated rings. The van der Waals surface area contributed by atoms with Crippen molar-refractivity contribution >= 4 is 28.4 Å². The summed E-state index contributed by atoms with van der Waals surface area (Å²) in [4.78, 5) is 41.4. The van der Waals surface area contributed by atoms with E-state index < -0.39 is 23.6 Å². The summed E-state index contributed by atoms with van der Waals surface area (Å²) in [5, 5.41) is 10.3. The van der Waals surface area contributed by atoms with Crippen LogP contribution in [0.3, 0.4) is 0 Å². The van der Waals surface area contributed by atoms with Gasteiger partial charge in [0.25, 0.3) is 0 Å². The van der Waals surface area contributed by atoms with E-state index in [4.69, 9.17) is 24.4 Å². The first kappa shape index (κ1) is 32.0. The number of methoxy groups -OCH3 is 1. The standard InChI is InChI=1S/C32H46N4O6/c1-7-28-22(2)17-32(5,39-6)18-23(3)30(37)24(4)31(38)40-20-26-19-35(21-41-42-26)36(34-28)16-10-11-25-14-15-33-29-13-9-8-12-27(25)29/h8-9,12-15,22-24,26H,7,10-11,16-21H2,1-6H3/b34-28+/t22-,23-,24?,26?,32-/m1/s1. The van der Waals surface area contributed by atoms with Gasteiger partial charge >= 0.3 is 5.97 Å². The molecule has 1 saturated heterocycles. The first-order valence-corrected chi connectivity index (χ1v) is 15.1. The molecule has 3 unspecified atom stereocenters. The van der Waals surface area contributed by atoms with Gasteiger partial charge in [0.1, 0.15) is 24.4 Å². The van der Waals surface area contributed by atoms with Crippen molar-refractivity contribution in [2.24, 2.45) is 22.9 Å². The minimum absolute atomic E-state index is 0.0191. The van der Waals surface area contributed by atoms with Crippen LogP contribution in [0.5, 0.6) is 0 Å². The zero-order valence-corrected chi connectivity index (χ0v) is 25.9. The summed E-state index contributed by atoms with van der Waals surface area (Å²) in [6.45, 7) is 11.0. The van der Waals surface area contributed by atoms with Crippen molar-refractivity contribution in [3.8, 4) is 0 Å². The molecule has 0 amide bonds. The van der Waals surface area contributed by atoms with Crippen molar-refractivity contribution in [2.75, 3.05) is 33.5 Å². The summed E-state index contributed by atoms with van der Waals surface area (Å²) in [5.41, 5.74) is 2.72. The smallest absolute Gasteiger partial charge is 0.316 e. The van der Waals surface area contributed by atoms with Crippen LogP contribution in [0.15, 0.2) is 41.6 Å². The van der Waals surface area contributed by atoms with Crippen molar-refractivity contribution in [3.63, 3.8) is 0 Å². The molecule has 3 heterocycles. The highest BCUT2D eigenvalue weighted by Crippen LogP contribution is 2.31. The number of ketones is 1. The summed E-state index contributed by atoms with van der Waals surface area (Å²) < 4.78 is 11.5. The Bertz CT molecular complexity index is 1250. The van der Waals surface area contributed by atoms with Gasteiger partial charge in [-0.1, -0.05) is 39.0 Å². The number of ether oxygens (including phenoxy) is 2. The SMILES string of the molecule is CC/C1=N\N(CCCc2ccnc3ccccc23)N2COOC(COC(=O)C(C)C(=O)[C@H](C)C[C@](C)(OC)C[C@H]1C)C2. The van der Waals surface area contributed by atoms with Gasteiger partial charge in [-0.3, -0.25) is 14.6 Å². The zero-order chi connectivity index (χ0) is 30.3. The Balaban J connectivity index is 1.60. The van der Waals surface area contributed by atoms with Gasteiger partial charge in [-0.25, -0.2) is 14.9 Å². The number of fused-ring (bicyclic) bond motifs is 3. The fourth-order valence-corrected chi connectivity index (χ4v) is 6.06. The second-order valence-electron chi connectivity index (χ2n) is 11.9. The molecule has 2 bridgehead atoms. The molecule has 1 aromatic heterocycles. The molecule has 0 N–H and O–H groups in total. The molecular weight excluding hydrogens is 536 g/mol. The van der Waals surface area contributed by atoms with Gasteiger partial charge in [0.15, 0.2) is 6.73 Å². The Morgan fingerprint density at radius 2 is 1.86 bits per heavy atom. The fourth-order valence-electron chi connectivity index (χ4n) is 6.06. The summed E-state index contributed by atoms with van der Waals surface area (Å²) >= 11 is 0. The van der Waals surface area contributed by atoms with E-state index in [2.05, 4.69) is 31.0 Å². The average Bonchev–Trinajstić information content (AvgIpc) is 3.00. The van der Waals surface area contributed by atoms with Crippen molar-refractivity contribution in [2.45, 2.75) is 78.4 Å². The van der Waals surface area contributed by atoms with E-state index >= 15 is 0 Å². The highest BCUT2D eigenvalue weighted by molar-refractivity contribution is 5.99. The number of esters is 1. The molecule has 4 rings (SSSR count). The van der Waals surface area contributed by atoms with E-state index in [-0.39, 0.29) is 31.0 Å². The normalized spacial score (nSPS) is 31.4. The van der Waals surface area contributed by atoms with Crippen LogP contribution >= 0.6 is 0 Å². The molecule has 6 atom stereocenters. The Morgan fingerprint density at radius 1 is 1.10 bits per heavy atom. The van der Waals surface area contributed by atoms with E-state index in [1.165, 1.54) is 5.56 Å². The molecule has 0 saturated carbocycles. The number of Topliss-reactive ketones (excluding diaryl/α,β-unsaturated/α-hetero) is 1. The van der Waals surface area contributed by atoms with Gasteiger partial charge in [0, 0.05) is 30.3 Å². The number of hydrogen-bond donors (Lipinski definition) is 0. The maximum atomic E-state index is 13.1. The number of aromatic nitrogens is 1. The minimum atomic E-state index is -0.874. The van der Waals surface area contributed by atoms with Crippen LogP contribution in [0, 0.1) is 17.8 Å². The number of para-hydroxylation sites is 1. The number of hydrogen-bond acceptors (Lipinski definition) is 10. The number of nitrogens with zero attached hydrogens (tertiary/aromatic N) is 4. The summed E-state index contributed by atoms with van der Waals surface area (Å²) in [7, 11) is 1.68. The molecule has 2 aromatic rings. The van der Waals surface area contributed by atoms with Crippen LogP contribution < -0.4 is 0 Å². The number of pyridine rings is 1. The van der Waals surface area contributed by atoms with Crippen LogP contribution in [-0.2, 0) is 35.3 Å². The van der Waals surface area contributed by atoms with E-state index in [9.17, 15) is 9.59 Å². The number of carbonyl (C=O) groups is 2. The number of aryl methyl sites for hydroxylation is 1. The van der Waals surface area contributed by atoms with Crippen molar-refractivity contribution in [1.82, 2.24) is 15.1 Å². The van der Waals surface area contributed by atoms with Crippen LogP contribution in [0.25, 0.3) is 10.9 Å². The monoisotopic (exact) mass is 582 g/mol. The lowest BCUT2D eigenvalue weighted by Gasteiger charge is -2.39. The summed E-state index contributed by atoms with van der Waals surface area (Å²) in [6, 6.07) is 10.3. The van der Waals surface area contributed by atoms with Crippen LogP contribution in [0.2, 0.25) is 0 Å². The number of hydrazone groups is 1. The van der Waals surface area contributed by atoms with Gasteiger partial charge in [-0.05, 0) is 69.6 Å². The Labute approximate surface area is 249 Å². The Hall–Kier alpha value is -2.92. The van der Waals surface area contributed by atoms with Crippen molar-refractivity contribution in [1.29, 1.82) is 0 Å². The third-order valence-corrected chi connectivity index (χ3v) is 8.51. The fraction of sp³-hybridized carbons (Fsp3) is 0.625. The highest BCUT2D eigenvalue weighted by Gasteiger charge is 2.36. The lowest BCUT2D eigenvalue weighted by molar-refractivity contribution is -0.396. The molecule has 0 spiro atoms. The van der Waals surface area contributed by atoms with E-state index in [0.717, 1.165) is 35.9 Å². The largest absolute Gasteiger partial charge is 0.462 e. The van der Waals surface area contributed by atoms with Crippen molar-refractivity contribution in [3.05, 3.63) is 42.1 Å². The summed E-state index contributed by atoms with van der Waals surface area (Å²) in [5.74, 6) is -1.85. The molecule has 0 radical (unpaired) electrons. The first-order valence-electron chi connectivity index (χ1n) is 15.1. The lowest BCUT2D eigenvalue weighted by Crippen LogP contribution is -2.51. The van der Waals surface area contributed by atoms with Crippen molar-refractivity contribution < 1.29 is 28.8 Å². The second kappa shape index (κ2) is 14.5. The molecule has 2 aliphatic heterocycles. The summed E-state index contributed by atoms with van der Waals surface area (Å²) in [6.07, 6.45) is 5.02. The van der Waals surface area contributed by atoms with Gasteiger partial charge < -0.3 is 9.47 Å². The van der Waals surface area contributed by atoms with E-state index in [0.29, 0.717) is 25.9 Å². The molecule has 230 valence electrons. The molecular formula is C32H46N4O6. The number of hydrazine groups is 1. The number of carbonyl (C=O) groups excluding carboxylic acids is 2. The predicted molar refractivity (Wildman–Crippen MR) is 160 cm³/mol. The minimum Gasteiger partial charge on any atom is -0.462 e. The number of cyclic esters (lactones) is 1. The second-order valence-corrected chi connectivity index (χ2v) is 11.9. The maximum absolute atomic E-state index is 13.1. The Kier molecular flexibility index (Phi) is 11.1. The molecule has 0 aliphatic carbocycles. The van der Waals surface area contributed by atoms with Crippen LogP contribution in [0.4, 0.5) is 0 Å². The molecule has 10 nitrogen and oxygen atoms in total. The quantitative estimate of drug-likeness (QED) is 0.266. The van der Waals surface area contributed by atoms with Gasteiger partial charge in [-0.2, -0.15) is 10.1 Å². The highest BCUT2D eigenvalue weighted by atomic mass is 17.2. The van der Waals surface area contributed by atoms with Gasteiger partial charge in [-0.15, -0.1) is 0 Å². The molecule has 2 aliphatic rings. The van der Waals surface area contributed by atoms with Gasteiger partial charge in [0.2, 0.25) is 0 Å². The number of benzene rings is 1. The third kappa shape index (κ3) is 7.92. The van der Waals surface area contributed by atoms with E-state index in [1.54, 1.807) is 14.0 Å². The zero-order valence-electron chi connectivity index (χ0n) is 25.9. The van der Waals surface area contributed by atoms with Gasteiger partial charge in [0.05, 0.1) is 24.2 Å². The lowest BCUT2D eigenvalue weighted by atomic mass is 9.80. The first-order chi connectivity index (χ1) is 20.1. The Morgan fingerprint density at radius 3 is 2.62 bits per heavy atom. The topological polar surface area (TPSA) is 103 Å². The van der Waals surface area contributed by atoms with Crippen LogP contribution in [0.1, 0.15) is 65.9 Å². The molecule has 10 heteroatoms. The molecule has 1 aromatic carbocycles. The van der Waals surface area contributed by atoms with Crippen LogP contribution in [-0.4, -0.2) is 77.8 Å². The molecule has 42 heavy (non-hydrogen) atoms. The number of rotatable bonds is 6.